The summed E-state index contributed by atoms with van der Waals surface area (Å²) in [5.74, 6) is 0.217. The van der Waals surface area contributed by atoms with E-state index in [2.05, 4.69) is 15.2 Å². The first-order valence-electron chi connectivity index (χ1n) is 13.2. The number of hydrogen-bond donors (Lipinski definition) is 1. The Balaban J connectivity index is 1.12. The van der Waals surface area contributed by atoms with Crippen LogP contribution in [-0.4, -0.2) is 45.2 Å². The number of rotatable bonds is 8. The minimum atomic E-state index is -1.03. The molecule has 1 aliphatic heterocycles. The molecule has 6 rings (SSSR count). The molecule has 1 aliphatic carbocycles. The molecule has 0 radical (unpaired) electrons. The van der Waals surface area contributed by atoms with Crippen molar-refractivity contribution in [3.05, 3.63) is 74.6 Å². The summed E-state index contributed by atoms with van der Waals surface area (Å²) in [6, 6.07) is 12.7. The second-order valence-electron chi connectivity index (χ2n) is 10.3. The van der Waals surface area contributed by atoms with Crippen LogP contribution in [0.4, 0.5) is 5.69 Å². The highest BCUT2D eigenvalue weighted by atomic mass is 35.5. The van der Waals surface area contributed by atoms with Crippen LogP contribution in [0, 0.1) is 0 Å². The average Bonchev–Trinajstić information content (AvgIpc) is 3.58. The molecule has 2 aliphatic rings. The average molecular weight is 602 g/mol. The molecule has 0 bridgehead atoms. The molecule has 208 valence electrons. The van der Waals surface area contributed by atoms with Gasteiger partial charge in [0.1, 0.15) is 17.1 Å². The summed E-state index contributed by atoms with van der Waals surface area (Å²) < 4.78 is 13.5. The zero-order valence-corrected chi connectivity index (χ0v) is 24.0. The van der Waals surface area contributed by atoms with E-state index in [1.54, 1.807) is 19.2 Å². The molecule has 8 nitrogen and oxygen atoms in total. The van der Waals surface area contributed by atoms with Gasteiger partial charge in [-0.05, 0) is 62.1 Å². The van der Waals surface area contributed by atoms with E-state index in [0.717, 1.165) is 55.8 Å². The molecule has 0 amide bonds. The van der Waals surface area contributed by atoms with Gasteiger partial charge in [-0.25, -0.2) is 4.79 Å². The SMILES string of the molecule is Cn1nc(-c2ccc(N3CCC(OCc4c(-c5c(Cl)cccc5Cl)noc4C4CC4)CC3)cc2Cl)cc1C(=O)O. The van der Waals surface area contributed by atoms with Crippen LogP contribution in [0.1, 0.15) is 53.4 Å². The largest absolute Gasteiger partial charge is 0.477 e. The zero-order valence-electron chi connectivity index (χ0n) is 21.7. The molecule has 2 aromatic heterocycles. The molecule has 11 heteroatoms. The Morgan fingerprint density at radius 3 is 2.40 bits per heavy atom. The first kappa shape index (κ1) is 27.1. The Morgan fingerprint density at radius 2 is 1.77 bits per heavy atom. The number of carboxylic acid groups (broad SMARTS) is 1. The van der Waals surface area contributed by atoms with Gasteiger partial charge in [0.2, 0.25) is 0 Å². The van der Waals surface area contributed by atoms with Crippen LogP contribution in [0.5, 0.6) is 0 Å². The first-order chi connectivity index (χ1) is 19.3. The third-order valence-corrected chi connectivity index (χ3v) is 8.51. The topological polar surface area (TPSA) is 93.6 Å². The quantitative estimate of drug-likeness (QED) is 0.224. The Kier molecular flexibility index (Phi) is 7.52. The maximum Gasteiger partial charge on any atom is 0.354 e. The van der Waals surface area contributed by atoms with Crippen molar-refractivity contribution >= 4 is 46.5 Å². The van der Waals surface area contributed by atoms with Crippen molar-refractivity contribution in [3.63, 3.8) is 0 Å². The molecule has 0 unspecified atom stereocenters. The van der Waals surface area contributed by atoms with Crippen LogP contribution in [-0.2, 0) is 18.4 Å². The number of aryl methyl sites for hydroxylation is 1. The Morgan fingerprint density at radius 1 is 1.05 bits per heavy atom. The van der Waals surface area contributed by atoms with Crippen molar-refractivity contribution in [1.82, 2.24) is 14.9 Å². The number of ether oxygens (including phenoxy) is 1. The van der Waals surface area contributed by atoms with Crippen molar-refractivity contribution in [2.24, 2.45) is 7.05 Å². The van der Waals surface area contributed by atoms with Gasteiger partial charge in [0, 0.05) is 48.4 Å². The van der Waals surface area contributed by atoms with E-state index in [1.807, 2.05) is 24.3 Å². The highest BCUT2D eigenvalue weighted by Gasteiger charge is 2.34. The number of anilines is 1. The smallest absolute Gasteiger partial charge is 0.354 e. The van der Waals surface area contributed by atoms with Crippen LogP contribution < -0.4 is 4.90 Å². The number of piperidine rings is 1. The molecule has 0 spiro atoms. The van der Waals surface area contributed by atoms with Crippen LogP contribution in [0.15, 0.2) is 47.0 Å². The summed E-state index contributed by atoms with van der Waals surface area (Å²) in [5.41, 5.74) is 4.61. The lowest BCUT2D eigenvalue weighted by atomic mass is 10.0. The van der Waals surface area contributed by atoms with Gasteiger partial charge in [0.15, 0.2) is 0 Å². The van der Waals surface area contributed by atoms with Gasteiger partial charge in [-0.15, -0.1) is 0 Å². The maximum absolute atomic E-state index is 11.4. The van der Waals surface area contributed by atoms with E-state index < -0.39 is 5.97 Å². The number of carboxylic acids is 1. The number of halogens is 3. The van der Waals surface area contributed by atoms with E-state index in [0.29, 0.717) is 50.1 Å². The van der Waals surface area contributed by atoms with Crippen molar-refractivity contribution in [2.45, 2.75) is 44.3 Å². The number of carbonyl (C=O) groups is 1. The number of aromatic nitrogens is 3. The van der Waals surface area contributed by atoms with Gasteiger partial charge in [0.25, 0.3) is 0 Å². The number of benzene rings is 2. The molecule has 0 atom stereocenters. The Bertz CT molecular complexity index is 1550. The summed E-state index contributed by atoms with van der Waals surface area (Å²) >= 11 is 19.6. The van der Waals surface area contributed by atoms with Gasteiger partial charge in [-0.3, -0.25) is 4.68 Å². The van der Waals surface area contributed by atoms with E-state index >= 15 is 0 Å². The third-order valence-electron chi connectivity index (χ3n) is 7.56. The maximum atomic E-state index is 11.4. The summed E-state index contributed by atoms with van der Waals surface area (Å²) in [6.07, 6.45) is 3.96. The minimum absolute atomic E-state index is 0.0884. The summed E-state index contributed by atoms with van der Waals surface area (Å²) in [6.45, 7) is 2.02. The van der Waals surface area contributed by atoms with Gasteiger partial charge in [-0.2, -0.15) is 5.10 Å². The molecule has 1 saturated heterocycles. The monoisotopic (exact) mass is 600 g/mol. The summed E-state index contributed by atoms with van der Waals surface area (Å²) in [5, 5.41) is 19.6. The normalized spacial score (nSPS) is 16.1. The molecular weight excluding hydrogens is 575 g/mol. The Labute approximate surface area is 246 Å². The third kappa shape index (κ3) is 5.33. The fourth-order valence-electron chi connectivity index (χ4n) is 5.24. The van der Waals surface area contributed by atoms with E-state index in [-0.39, 0.29) is 11.8 Å². The van der Waals surface area contributed by atoms with Crippen molar-refractivity contribution < 1.29 is 19.2 Å². The molecule has 2 aromatic carbocycles. The van der Waals surface area contributed by atoms with Gasteiger partial charge in [-0.1, -0.05) is 46.0 Å². The minimum Gasteiger partial charge on any atom is -0.477 e. The lowest BCUT2D eigenvalue weighted by Gasteiger charge is -2.33. The summed E-state index contributed by atoms with van der Waals surface area (Å²) in [4.78, 5) is 13.7. The van der Waals surface area contributed by atoms with Crippen molar-refractivity contribution in [2.75, 3.05) is 18.0 Å². The van der Waals surface area contributed by atoms with Gasteiger partial charge < -0.3 is 19.3 Å². The van der Waals surface area contributed by atoms with Crippen molar-refractivity contribution in [1.29, 1.82) is 0 Å². The van der Waals surface area contributed by atoms with Gasteiger partial charge >= 0.3 is 5.97 Å². The molecule has 2 fully saturated rings. The fraction of sp³-hybridized carbons (Fsp3) is 0.345. The highest BCUT2D eigenvalue weighted by Crippen LogP contribution is 2.46. The Hall–Kier alpha value is -3.04. The molecule has 4 aromatic rings. The predicted octanol–water partition coefficient (Wildman–Crippen LogP) is 7.46. The van der Waals surface area contributed by atoms with Crippen LogP contribution in [0.3, 0.4) is 0 Å². The number of hydrogen-bond acceptors (Lipinski definition) is 6. The van der Waals surface area contributed by atoms with Gasteiger partial charge in [0.05, 0.1) is 33.5 Å². The second kappa shape index (κ2) is 11.1. The lowest BCUT2D eigenvalue weighted by Crippen LogP contribution is -2.37. The van der Waals surface area contributed by atoms with E-state index in [1.165, 1.54) is 10.7 Å². The molecule has 3 heterocycles. The first-order valence-corrected chi connectivity index (χ1v) is 14.3. The van der Waals surface area contributed by atoms with Crippen LogP contribution in [0.25, 0.3) is 22.5 Å². The molecule has 1 N–H and O–H groups in total. The second-order valence-corrected chi connectivity index (χ2v) is 11.5. The zero-order chi connectivity index (χ0) is 28.0. The molecule has 40 heavy (non-hydrogen) atoms. The predicted molar refractivity (Wildman–Crippen MR) is 155 cm³/mol. The lowest BCUT2D eigenvalue weighted by molar-refractivity contribution is 0.0246. The highest BCUT2D eigenvalue weighted by molar-refractivity contribution is 6.39. The fourth-order valence-corrected chi connectivity index (χ4v) is 6.09. The molecular formula is C29H27Cl3N4O4. The molecule has 1 saturated carbocycles. The number of nitrogens with zero attached hydrogens (tertiary/aromatic N) is 4. The summed E-state index contributed by atoms with van der Waals surface area (Å²) in [7, 11) is 1.60. The standard InChI is InChI=1S/C29H27Cl3N4O4/c1-35-25(29(37)38)14-24(33-35)19-8-7-17(13-23(19)32)36-11-9-18(10-12-36)39-15-20-27(34-40-28(20)16-5-6-16)26-21(30)3-2-4-22(26)31/h2-4,7-8,13-14,16,18H,5-6,9-12,15H2,1H3,(H,37,38). The number of aromatic carboxylic acids is 1. The van der Waals surface area contributed by atoms with Crippen LogP contribution in [0.2, 0.25) is 15.1 Å². The van der Waals surface area contributed by atoms with E-state index in [4.69, 9.17) is 44.1 Å². The van der Waals surface area contributed by atoms with Crippen molar-refractivity contribution in [3.8, 4) is 22.5 Å². The van der Waals surface area contributed by atoms with E-state index in [9.17, 15) is 9.90 Å². The van der Waals surface area contributed by atoms with Crippen LogP contribution >= 0.6 is 34.8 Å².